The summed E-state index contributed by atoms with van der Waals surface area (Å²) < 4.78 is 136. The van der Waals surface area contributed by atoms with Crippen LogP contribution in [0.2, 0.25) is 0 Å². The number of nitrogens with zero attached hydrogens (tertiary/aromatic N) is 7. The van der Waals surface area contributed by atoms with Gasteiger partial charge in [0.1, 0.15) is 23.9 Å². The number of para-hydroxylation sites is 1. The van der Waals surface area contributed by atoms with E-state index in [1.807, 2.05) is 0 Å². The normalized spacial score (nSPS) is 19.5. The second-order valence-electron chi connectivity index (χ2n) is 14.1. The van der Waals surface area contributed by atoms with Crippen LogP contribution in [0.15, 0.2) is 42.6 Å². The number of benzene rings is 2. The lowest BCUT2D eigenvalue weighted by Crippen LogP contribution is -2.38. The number of aryl methyl sites for hydroxylation is 1. The number of nitrogens with one attached hydrogen (secondary N) is 2. The lowest BCUT2D eigenvalue weighted by molar-refractivity contribution is -0.142. The first-order chi connectivity index (χ1) is 26.4. The number of alkyl halides is 5. The van der Waals surface area contributed by atoms with E-state index in [2.05, 4.69) is 25.2 Å². The zero-order chi connectivity index (χ0) is 39.9. The Hall–Kier alpha value is -5.31. The number of ether oxygens (including phenoxy) is 1. The predicted octanol–water partition coefficient (Wildman–Crippen LogP) is 5.04. The molecule has 4 heterocycles. The molecule has 13 nitrogen and oxygen atoms in total. The second kappa shape index (κ2) is 13.4. The van der Waals surface area contributed by atoms with Crippen LogP contribution in [-0.2, 0) is 51.7 Å². The molecule has 1 saturated heterocycles. The number of amides is 1. The fourth-order valence-corrected chi connectivity index (χ4v) is 8.23. The Balaban J connectivity index is 1.26. The van der Waals surface area contributed by atoms with Crippen molar-refractivity contribution in [3.05, 3.63) is 82.4 Å². The minimum atomic E-state index is -5.06. The van der Waals surface area contributed by atoms with Crippen molar-refractivity contribution in [3.8, 4) is 11.1 Å². The van der Waals surface area contributed by atoms with Crippen molar-refractivity contribution in [2.75, 3.05) is 42.2 Å². The number of fused-ring (bicyclic) bond motifs is 4. The van der Waals surface area contributed by atoms with E-state index in [-0.39, 0.29) is 41.4 Å². The maximum atomic E-state index is 15.4. The smallest absolute Gasteiger partial charge is 0.378 e. The van der Waals surface area contributed by atoms with Gasteiger partial charge in [0, 0.05) is 60.4 Å². The Kier molecular flexibility index (Phi) is 9.01. The first-order valence-electron chi connectivity index (χ1n) is 17.3. The van der Waals surface area contributed by atoms with E-state index in [1.54, 1.807) is 30.1 Å². The lowest BCUT2D eigenvalue weighted by atomic mass is 9.95. The molecule has 0 radical (unpaired) electrons. The molecule has 2 aromatic carbocycles. The van der Waals surface area contributed by atoms with Gasteiger partial charge < -0.3 is 15.0 Å². The van der Waals surface area contributed by atoms with Gasteiger partial charge in [0.25, 0.3) is 5.92 Å². The number of halogens is 7. The van der Waals surface area contributed by atoms with Gasteiger partial charge in [0.2, 0.25) is 21.9 Å². The molecule has 0 bridgehead atoms. The minimum absolute atomic E-state index is 0.0127. The average molecular weight is 808 g/mol. The molecule has 2 fully saturated rings. The number of rotatable bonds is 10. The molecule has 2 N–H and O–H groups in total. The quantitative estimate of drug-likeness (QED) is 0.185. The lowest BCUT2D eigenvalue weighted by Gasteiger charge is -2.29. The van der Waals surface area contributed by atoms with Crippen molar-refractivity contribution in [1.29, 1.82) is 0 Å². The van der Waals surface area contributed by atoms with Gasteiger partial charge in [-0.3, -0.25) is 18.9 Å². The average Bonchev–Trinajstić information content (AvgIpc) is 3.66. The Bertz CT molecular complexity index is 2480. The van der Waals surface area contributed by atoms with Crippen molar-refractivity contribution in [2.24, 2.45) is 13.0 Å². The summed E-state index contributed by atoms with van der Waals surface area (Å²) in [6, 6.07) is 6.29. The molecule has 1 saturated carbocycles. The molecule has 0 spiro atoms. The van der Waals surface area contributed by atoms with E-state index in [4.69, 9.17) is 9.72 Å². The number of hydrogen-bond donors (Lipinski definition) is 2. The van der Waals surface area contributed by atoms with Crippen LogP contribution < -0.4 is 14.9 Å². The van der Waals surface area contributed by atoms with Crippen LogP contribution in [0.4, 0.5) is 42.5 Å². The van der Waals surface area contributed by atoms with E-state index in [1.165, 1.54) is 10.9 Å². The van der Waals surface area contributed by atoms with Gasteiger partial charge in [-0.25, -0.2) is 27.2 Å². The maximum absolute atomic E-state index is 15.4. The topological polar surface area (TPSA) is 149 Å². The van der Waals surface area contributed by atoms with Crippen LogP contribution in [0.1, 0.15) is 46.6 Å². The van der Waals surface area contributed by atoms with Crippen LogP contribution in [0.25, 0.3) is 22.0 Å². The van der Waals surface area contributed by atoms with Gasteiger partial charge in [-0.2, -0.15) is 32.1 Å². The Morgan fingerprint density at radius 2 is 1.79 bits per heavy atom. The number of morpholine rings is 1. The van der Waals surface area contributed by atoms with Gasteiger partial charge in [-0.05, 0) is 42.5 Å². The van der Waals surface area contributed by atoms with Gasteiger partial charge in [0.05, 0.1) is 36.7 Å². The van der Waals surface area contributed by atoms with Crippen LogP contribution in [-0.4, -0.2) is 76.4 Å². The summed E-state index contributed by atoms with van der Waals surface area (Å²) in [6.45, 7) is 0.397. The van der Waals surface area contributed by atoms with Gasteiger partial charge in [-0.1, -0.05) is 12.1 Å². The first kappa shape index (κ1) is 37.6. The molecule has 56 heavy (non-hydrogen) atoms. The summed E-state index contributed by atoms with van der Waals surface area (Å²) in [4.78, 5) is 25.1. The number of hydrogen-bond acceptors (Lipinski definition) is 9. The van der Waals surface area contributed by atoms with Crippen molar-refractivity contribution < 1.29 is 48.7 Å². The highest BCUT2D eigenvalue weighted by atomic mass is 32.2. The van der Waals surface area contributed by atoms with Crippen molar-refractivity contribution in [1.82, 2.24) is 34.8 Å². The monoisotopic (exact) mass is 807 g/mol. The molecule has 5 aromatic rings. The summed E-state index contributed by atoms with van der Waals surface area (Å²) in [5.41, 5.74) is -1.87. The highest BCUT2D eigenvalue weighted by Gasteiger charge is 2.68. The summed E-state index contributed by atoms with van der Waals surface area (Å²) in [6.07, 6.45) is -3.11. The number of aromatic nitrogens is 6. The van der Waals surface area contributed by atoms with E-state index in [0.29, 0.717) is 53.5 Å². The van der Waals surface area contributed by atoms with Crippen LogP contribution in [0, 0.1) is 17.6 Å². The SMILES string of the molecule is Cn1nc(NS(C)(=O)=O)c2cccc(-c3cnc(N4CCOCC4)nc3C(Cc3cc(F)cc(F)c3)NC(=O)Cn3nc(C(F)(F)F)c4c3C(F)(F)C3CC43)c21. The van der Waals surface area contributed by atoms with Gasteiger partial charge in [0.15, 0.2) is 11.5 Å². The third-order valence-electron chi connectivity index (χ3n) is 10.1. The Morgan fingerprint density at radius 3 is 2.46 bits per heavy atom. The molecule has 3 unspecified atom stereocenters. The summed E-state index contributed by atoms with van der Waals surface area (Å²) in [5.74, 6) is -8.72. The maximum Gasteiger partial charge on any atom is 0.435 e. The standard InChI is InChI=1S/C35H32F7N9O4S/c1-49-29-20(4-3-5-21(29)32(47-49)48-56(2,53)54)23-15-43-33(50-6-8-55-9-7-50)45-28(23)25(12-17-10-18(36)13-19(37)11-17)44-26(52)16-51-31-27(30(46-51)35(40,41)42)22-14-24(22)34(31,38)39/h3-5,10-11,13,15,22,24-25H,6-9,12,14,16H2,1-2H3,(H,44,52)(H,47,48). The van der Waals surface area contributed by atoms with E-state index < -0.39 is 81.0 Å². The fourth-order valence-electron chi connectivity index (χ4n) is 7.73. The molecule has 3 aromatic heterocycles. The number of anilines is 2. The molecule has 3 atom stereocenters. The second-order valence-corrected chi connectivity index (χ2v) is 15.8. The summed E-state index contributed by atoms with van der Waals surface area (Å²) >= 11 is 0. The third kappa shape index (κ3) is 6.90. The summed E-state index contributed by atoms with van der Waals surface area (Å²) in [7, 11) is -2.20. The zero-order valence-electron chi connectivity index (χ0n) is 29.5. The van der Waals surface area contributed by atoms with Crippen molar-refractivity contribution in [2.45, 2.75) is 43.4 Å². The predicted molar refractivity (Wildman–Crippen MR) is 186 cm³/mol. The van der Waals surface area contributed by atoms with Gasteiger partial charge in [-0.15, -0.1) is 0 Å². The Morgan fingerprint density at radius 1 is 1.07 bits per heavy atom. The minimum Gasteiger partial charge on any atom is -0.378 e. The first-order valence-corrected chi connectivity index (χ1v) is 19.2. The molecular weight excluding hydrogens is 775 g/mol. The van der Waals surface area contributed by atoms with Crippen molar-refractivity contribution in [3.63, 3.8) is 0 Å². The highest BCUT2D eigenvalue weighted by Crippen LogP contribution is 2.68. The number of sulfonamides is 1. The molecule has 296 valence electrons. The van der Waals surface area contributed by atoms with Crippen LogP contribution in [0.5, 0.6) is 0 Å². The molecule has 1 amide bonds. The van der Waals surface area contributed by atoms with Crippen LogP contribution >= 0.6 is 0 Å². The van der Waals surface area contributed by atoms with E-state index in [0.717, 1.165) is 18.4 Å². The van der Waals surface area contributed by atoms with Crippen LogP contribution in [0.3, 0.4) is 0 Å². The molecule has 1 aliphatic heterocycles. The highest BCUT2D eigenvalue weighted by molar-refractivity contribution is 7.92. The molecule has 8 rings (SSSR count). The largest absolute Gasteiger partial charge is 0.435 e. The number of carbonyl (C=O) groups is 1. The van der Waals surface area contributed by atoms with E-state index >= 15 is 8.78 Å². The number of carbonyl (C=O) groups excluding carboxylic acids is 1. The summed E-state index contributed by atoms with van der Waals surface area (Å²) in [5, 5.41) is 10.9. The molecule has 3 aliphatic rings. The molecular formula is C35H32F7N9O4S. The third-order valence-corrected chi connectivity index (χ3v) is 10.6. The van der Waals surface area contributed by atoms with E-state index in [9.17, 15) is 35.2 Å². The van der Waals surface area contributed by atoms with Gasteiger partial charge >= 0.3 is 6.18 Å². The fraction of sp³-hybridized carbons (Fsp3) is 0.400. The zero-order valence-corrected chi connectivity index (χ0v) is 30.4. The van der Waals surface area contributed by atoms with Crippen molar-refractivity contribution >= 4 is 38.6 Å². The molecule has 21 heteroatoms. The molecule has 2 aliphatic carbocycles. The Labute approximate surface area is 313 Å².